The molecule has 0 fully saturated rings. The largest absolute Gasteiger partial charge is 0.395 e. The average molecular weight is 178 g/mol. The van der Waals surface area contributed by atoms with E-state index < -0.39 is 0 Å². The predicted molar refractivity (Wildman–Crippen MR) is 44.9 cm³/mol. The zero-order valence-electron chi connectivity index (χ0n) is 5.30. The van der Waals surface area contributed by atoms with E-state index in [4.69, 9.17) is 16.7 Å². The second-order valence-corrected chi connectivity index (χ2v) is 3.47. The summed E-state index contributed by atoms with van der Waals surface area (Å²) < 4.78 is 0.764. The minimum atomic E-state index is 0.148. The van der Waals surface area contributed by atoms with Crippen LogP contribution in [0.5, 0.6) is 0 Å². The van der Waals surface area contributed by atoms with Gasteiger partial charge in [0, 0.05) is 6.54 Å². The first-order chi connectivity index (χ1) is 4.83. The molecule has 0 spiro atoms. The van der Waals surface area contributed by atoms with Crippen LogP contribution in [0.3, 0.4) is 0 Å². The molecule has 1 aromatic rings. The van der Waals surface area contributed by atoms with Crippen molar-refractivity contribution in [1.29, 1.82) is 0 Å². The minimum absolute atomic E-state index is 0.148. The van der Waals surface area contributed by atoms with Crippen LogP contribution in [0.2, 0.25) is 4.34 Å². The molecule has 2 nitrogen and oxygen atoms in total. The number of hydrogen-bond donors (Lipinski definition) is 2. The summed E-state index contributed by atoms with van der Waals surface area (Å²) in [7, 11) is 0. The first kappa shape index (κ1) is 7.85. The van der Waals surface area contributed by atoms with E-state index in [9.17, 15) is 0 Å². The molecular formula is C6H8ClNOS. The van der Waals surface area contributed by atoms with Gasteiger partial charge < -0.3 is 10.4 Å². The maximum atomic E-state index is 8.44. The first-order valence-electron chi connectivity index (χ1n) is 2.93. The second-order valence-electron chi connectivity index (χ2n) is 1.75. The summed E-state index contributed by atoms with van der Waals surface area (Å²) in [5.41, 5.74) is 0. The van der Waals surface area contributed by atoms with Crippen molar-refractivity contribution in [3.8, 4) is 0 Å². The Balaban J connectivity index is 2.42. The quantitative estimate of drug-likeness (QED) is 0.738. The molecule has 56 valence electrons. The van der Waals surface area contributed by atoms with E-state index in [0.29, 0.717) is 6.54 Å². The van der Waals surface area contributed by atoms with Crippen LogP contribution in [-0.2, 0) is 0 Å². The van der Waals surface area contributed by atoms with Crippen molar-refractivity contribution >= 4 is 27.9 Å². The summed E-state index contributed by atoms with van der Waals surface area (Å²) in [6.07, 6.45) is 0. The molecule has 0 amide bonds. The van der Waals surface area contributed by atoms with E-state index in [2.05, 4.69) is 5.32 Å². The zero-order chi connectivity index (χ0) is 7.40. The Bertz CT molecular complexity index is 201. The number of hydrogen-bond acceptors (Lipinski definition) is 3. The van der Waals surface area contributed by atoms with Crippen LogP contribution >= 0.6 is 22.9 Å². The summed E-state index contributed by atoms with van der Waals surface area (Å²) in [4.78, 5) is 0. The van der Waals surface area contributed by atoms with E-state index in [1.807, 2.05) is 12.1 Å². The van der Waals surface area contributed by atoms with Crippen LogP contribution in [0.4, 0.5) is 5.00 Å². The Morgan fingerprint density at radius 1 is 1.60 bits per heavy atom. The Labute approximate surface area is 68.4 Å². The Morgan fingerprint density at radius 2 is 2.40 bits per heavy atom. The molecule has 0 aliphatic heterocycles. The Morgan fingerprint density at radius 3 is 2.90 bits per heavy atom. The van der Waals surface area contributed by atoms with Crippen molar-refractivity contribution in [2.24, 2.45) is 0 Å². The number of rotatable bonds is 3. The van der Waals surface area contributed by atoms with Gasteiger partial charge in [-0.15, -0.1) is 11.3 Å². The molecule has 0 aliphatic rings. The van der Waals surface area contributed by atoms with Gasteiger partial charge in [0.05, 0.1) is 15.9 Å². The highest BCUT2D eigenvalue weighted by Gasteiger charge is 1.94. The summed E-state index contributed by atoms with van der Waals surface area (Å²) in [5.74, 6) is 0. The lowest BCUT2D eigenvalue weighted by Crippen LogP contribution is -2.03. The lowest BCUT2D eigenvalue weighted by Gasteiger charge is -1.96. The van der Waals surface area contributed by atoms with Crippen LogP contribution in [0.25, 0.3) is 0 Å². The van der Waals surface area contributed by atoms with Gasteiger partial charge in [0.25, 0.3) is 0 Å². The SMILES string of the molecule is OCCNc1ccc(Cl)s1. The van der Waals surface area contributed by atoms with Crippen LogP contribution < -0.4 is 5.32 Å². The fourth-order valence-electron chi connectivity index (χ4n) is 0.588. The number of anilines is 1. The third-order valence-corrected chi connectivity index (χ3v) is 2.17. The highest BCUT2D eigenvalue weighted by Crippen LogP contribution is 2.25. The molecule has 0 aliphatic carbocycles. The van der Waals surface area contributed by atoms with Gasteiger partial charge in [-0.2, -0.15) is 0 Å². The highest BCUT2D eigenvalue weighted by atomic mass is 35.5. The lowest BCUT2D eigenvalue weighted by atomic mass is 10.6. The van der Waals surface area contributed by atoms with E-state index in [0.717, 1.165) is 9.34 Å². The van der Waals surface area contributed by atoms with Gasteiger partial charge in [0.15, 0.2) is 0 Å². The Kier molecular flexibility index (Phi) is 2.99. The summed E-state index contributed by atoms with van der Waals surface area (Å²) in [6.45, 7) is 0.729. The maximum absolute atomic E-state index is 8.44. The lowest BCUT2D eigenvalue weighted by molar-refractivity contribution is 0.311. The van der Waals surface area contributed by atoms with Gasteiger partial charge in [-0.05, 0) is 12.1 Å². The third kappa shape index (κ3) is 2.17. The van der Waals surface area contributed by atoms with Gasteiger partial charge in [0.1, 0.15) is 0 Å². The van der Waals surface area contributed by atoms with Crippen molar-refractivity contribution in [2.75, 3.05) is 18.5 Å². The van der Waals surface area contributed by atoms with Gasteiger partial charge in [-0.25, -0.2) is 0 Å². The second kappa shape index (κ2) is 3.81. The first-order valence-corrected chi connectivity index (χ1v) is 4.12. The molecule has 4 heteroatoms. The smallest absolute Gasteiger partial charge is 0.0950 e. The molecule has 10 heavy (non-hydrogen) atoms. The summed E-state index contributed by atoms with van der Waals surface area (Å²) in [6, 6.07) is 3.72. The van der Waals surface area contributed by atoms with Crippen molar-refractivity contribution in [3.05, 3.63) is 16.5 Å². The van der Waals surface area contributed by atoms with Crippen LogP contribution in [0, 0.1) is 0 Å². The molecule has 1 heterocycles. The average Bonchev–Trinajstić information content (AvgIpc) is 2.31. The van der Waals surface area contributed by atoms with Crippen LogP contribution in [0.1, 0.15) is 0 Å². The van der Waals surface area contributed by atoms with Crippen molar-refractivity contribution < 1.29 is 5.11 Å². The molecule has 0 aromatic carbocycles. The molecule has 0 saturated carbocycles. The summed E-state index contributed by atoms with van der Waals surface area (Å²) in [5, 5.41) is 12.4. The zero-order valence-corrected chi connectivity index (χ0v) is 6.87. The molecule has 0 atom stereocenters. The predicted octanol–water partition coefficient (Wildman–Crippen LogP) is 1.81. The number of aliphatic hydroxyl groups excluding tert-OH is 1. The Hall–Kier alpha value is -0.250. The van der Waals surface area contributed by atoms with Crippen molar-refractivity contribution in [1.82, 2.24) is 0 Å². The molecule has 0 saturated heterocycles. The minimum Gasteiger partial charge on any atom is -0.395 e. The standard InChI is InChI=1S/C6H8ClNOS/c7-5-1-2-6(10-5)8-3-4-9/h1-2,8-9H,3-4H2. The van der Waals surface area contributed by atoms with Crippen molar-refractivity contribution in [2.45, 2.75) is 0 Å². The van der Waals surface area contributed by atoms with E-state index in [-0.39, 0.29) is 6.61 Å². The highest BCUT2D eigenvalue weighted by molar-refractivity contribution is 7.19. The summed E-state index contributed by atoms with van der Waals surface area (Å²) >= 11 is 7.13. The molecule has 1 aromatic heterocycles. The number of thiophene rings is 1. The number of nitrogens with one attached hydrogen (secondary N) is 1. The van der Waals surface area contributed by atoms with E-state index >= 15 is 0 Å². The van der Waals surface area contributed by atoms with E-state index in [1.165, 1.54) is 11.3 Å². The maximum Gasteiger partial charge on any atom is 0.0950 e. The normalized spacial score (nSPS) is 9.80. The molecule has 1 rings (SSSR count). The molecule has 2 N–H and O–H groups in total. The van der Waals surface area contributed by atoms with E-state index in [1.54, 1.807) is 0 Å². The fourth-order valence-corrected chi connectivity index (χ4v) is 1.56. The molecular weight excluding hydrogens is 170 g/mol. The van der Waals surface area contributed by atoms with Gasteiger partial charge >= 0.3 is 0 Å². The third-order valence-electron chi connectivity index (χ3n) is 0.984. The van der Waals surface area contributed by atoms with Gasteiger partial charge in [-0.3, -0.25) is 0 Å². The van der Waals surface area contributed by atoms with Gasteiger partial charge in [-0.1, -0.05) is 11.6 Å². The molecule has 0 radical (unpaired) electrons. The van der Waals surface area contributed by atoms with Crippen molar-refractivity contribution in [3.63, 3.8) is 0 Å². The van der Waals surface area contributed by atoms with Crippen LogP contribution in [-0.4, -0.2) is 18.3 Å². The molecule has 0 bridgehead atoms. The number of aliphatic hydroxyl groups is 1. The van der Waals surface area contributed by atoms with Gasteiger partial charge in [0.2, 0.25) is 0 Å². The molecule has 0 unspecified atom stereocenters. The number of halogens is 1. The monoisotopic (exact) mass is 177 g/mol. The topological polar surface area (TPSA) is 32.3 Å². The fraction of sp³-hybridized carbons (Fsp3) is 0.333. The van der Waals surface area contributed by atoms with Crippen LogP contribution in [0.15, 0.2) is 12.1 Å².